The summed E-state index contributed by atoms with van der Waals surface area (Å²) in [6, 6.07) is 15.9. The molecule has 0 aliphatic carbocycles. The summed E-state index contributed by atoms with van der Waals surface area (Å²) in [5.74, 6) is 0. The molecule has 2 saturated heterocycles. The Morgan fingerprint density at radius 2 is 0.520 bits per heavy atom. The van der Waals surface area contributed by atoms with Crippen LogP contribution in [0, 0.1) is 90.6 Å². The van der Waals surface area contributed by atoms with Crippen LogP contribution in [0.4, 0.5) is 9.59 Å². The van der Waals surface area contributed by atoms with Crippen molar-refractivity contribution < 1.29 is 9.59 Å². The second-order valence-corrected chi connectivity index (χ2v) is 11.6. The van der Waals surface area contributed by atoms with Gasteiger partial charge in [0.1, 0.15) is 0 Å². The summed E-state index contributed by atoms with van der Waals surface area (Å²) in [6.07, 6.45) is -0.682. The number of carbonyl (C=O) groups is 2. The van der Waals surface area contributed by atoms with Gasteiger partial charge in [-0.1, -0.05) is 0 Å². The van der Waals surface area contributed by atoms with Crippen molar-refractivity contribution >= 4 is 12.1 Å². The quantitative estimate of drug-likeness (QED) is 0.140. The van der Waals surface area contributed by atoms with E-state index in [1.807, 2.05) is 0 Å². The minimum atomic E-state index is -0.893. The Morgan fingerprint density at radius 1 is 0.360 bits per heavy atom. The van der Waals surface area contributed by atoms with E-state index in [1.165, 1.54) is 19.6 Å². The van der Waals surface area contributed by atoms with Gasteiger partial charge in [-0.15, -0.1) is 0 Å². The lowest BCUT2D eigenvalue weighted by Gasteiger charge is -2.36. The van der Waals surface area contributed by atoms with Gasteiger partial charge in [0.15, 0.2) is 12.3 Å². The van der Waals surface area contributed by atoms with Gasteiger partial charge in [-0.05, 0) is 0 Å². The number of nitriles is 8. The van der Waals surface area contributed by atoms with Gasteiger partial charge in [0.05, 0.1) is 75.2 Å². The van der Waals surface area contributed by atoms with Crippen molar-refractivity contribution in [2.24, 2.45) is 0 Å². The topological polar surface area (TPSA) is 250 Å². The van der Waals surface area contributed by atoms with Gasteiger partial charge in [-0.25, -0.2) is 9.59 Å². The van der Waals surface area contributed by atoms with Crippen molar-refractivity contribution in [3.63, 3.8) is 0 Å². The smallest absolute Gasteiger partial charge is 0.287 e. The van der Waals surface area contributed by atoms with Gasteiger partial charge >= 0.3 is 12.1 Å². The summed E-state index contributed by atoms with van der Waals surface area (Å²) >= 11 is 0. The van der Waals surface area contributed by atoms with E-state index in [0.29, 0.717) is 0 Å². The van der Waals surface area contributed by atoms with Gasteiger partial charge in [0.2, 0.25) is 0 Å². The van der Waals surface area contributed by atoms with E-state index in [9.17, 15) is 51.7 Å². The van der Waals surface area contributed by atoms with Crippen molar-refractivity contribution in [1.82, 2.24) is 39.2 Å². The normalized spacial score (nSPS) is 16.5. The molecule has 2 fully saturated rings. The summed E-state index contributed by atoms with van der Waals surface area (Å²) in [6.45, 7) is 2.04. The lowest BCUT2D eigenvalue weighted by Crippen LogP contribution is -2.54. The molecule has 2 heterocycles. The minimum absolute atomic E-state index is 0.0170. The Bertz CT molecular complexity index is 1180. The minimum Gasteiger partial charge on any atom is -0.287 e. The van der Waals surface area contributed by atoms with Crippen molar-refractivity contribution in [2.75, 3.05) is 79.0 Å². The summed E-state index contributed by atoms with van der Waals surface area (Å²) in [5.41, 5.74) is 0. The molecule has 0 N–H and O–H groups in total. The molecule has 18 heteroatoms. The largest absolute Gasteiger partial charge is 0.325 e. The predicted octanol–water partition coefficient (Wildman–Crippen LogP) is 1.46. The zero-order valence-electron chi connectivity index (χ0n) is 28.3. The molecule has 0 atom stereocenters. The number of rotatable bonds is 24. The molecule has 0 radical (unpaired) electrons. The van der Waals surface area contributed by atoms with Crippen LogP contribution in [0.1, 0.15) is 51.4 Å². The first-order valence-electron chi connectivity index (χ1n) is 16.3. The number of carbonyl (C=O) groups excluding carboxylic acids is 2. The highest BCUT2D eigenvalue weighted by atomic mass is 16.2. The highest BCUT2D eigenvalue weighted by Crippen LogP contribution is 2.36. The molecular formula is C32H42N16O2. The molecule has 0 aromatic heterocycles. The van der Waals surface area contributed by atoms with Crippen molar-refractivity contribution in [2.45, 2.75) is 63.7 Å². The zero-order valence-corrected chi connectivity index (χ0v) is 28.3. The zero-order chi connectivity index (χ0) is 36.7. The number of amides is 4. The Labute approximate surface area is 294 Å². The molecule has 0 spiro atoms. The highest BCUT2D eigenvalue weighted by molar-refractivity contribution is 5.85. The number of hydrogen-bond donors (Lipinski definition) is 0. The van der Waals surface area contributed by atoms with Gasteiger partial charge in [-0.3, -0.25) is 39.2 Å². The predicted molar refractivity (Wildman–Crippen MR) is 173 cm³/mol. The van der Waals surface area contributed by atoms with Crippen LogP contribution >= 0.6 is 0 Å². The molecule has 50 heavy (non-hydrogen) atoms. The first-order chi connectivity index (χ1) is 24.3. The fourth-order valence-corrected chi connectivity index (χ4v) is 5.88. The highest BCUT2D eigenvalue weighted by Gasteiger charge is 2.59. The maximum absolute atomic E-state index is 14.5. The average molecular weight is 683 g/mol. The van der Waals surface area contributed by atoms with E-state index in [-0.39, 0.29) is 130 Å². The first kappa shape index (κ1) is 40.5. The molecular weight excluding hydrogens is 640 g/mol. The fraction of sp³-hybridized carbons (Fsp3) is 0.688. The fourth-order valence-electron chi connectivity index (χ4n) is 5.88. The van der Waals surface area contributed by atoms with E-state index in [1.54, 1.807) is 19.6 Å². The van der Waals surface area contributed by atoms with Gasteiger partial charge in [0, 0.05) is 104 Å². The van der Waals surface area contributed by atoms with Crippen LogP contribution in [0.25, 0.3) is 0 Å². The number of fused-ring (bicyclic) bond motifs is 1. The second-order valence-electron chi connectivity index (χ2n) is 11.6. The van der Waals surface area contributed by atoms with E-state index in [0.717, 1.165) is 0 Å². The first-order valence-corrected chi connectivity index (χ1v) is 16.3. The standard InChI is InChI=1S/C32H42N16O2/c33-9-1-17-41(18-2-10-34)25-45-29-30(47(31(45)49)27-43(21-5-13-37)22-6-14-38)48(28-44(23-7-15-39)24-8-16-40)32(50)46(29)26-42(19-3-11-35)20-4-12-36/h29-30H,1-8,17-28H2. The molecule has 262 valence electrons. The third kappa shape index (κ3) is 11.8. The molecule has 0 saturated carbocycles. The van der Waals surface area contributed by atoms with Crippen LogP contribution in [0.3, 0.4) is 0 Å². The molecule has 2 aliphatic rings. The number of hydrogen-bond acceptors (Lipinski definition) is 14. The third-order valence-electron chi connectivity index (χ3n) is 8.25. The van der Waals surface area contributed by atoms with Gasteiger partial charge in [0.25, 0.3) is 0 Å². The van der Waals surface area contributed by atoms with E-state index in [4.69, 9.17) is 0 Å². The van der Waals surface area contributed by atoms with Crippen molar-refractivity contribution in [3.8, 4) is 48.6 Å². The van der Waals surface area contributed by atoms with Gasteiger partial charge < -0.3 is 0 Å². The van der Waals surface area contributed by atoms with Crippen LogP contribution in [0.15, 0.2) is 0 Å². The molecule has 0 aromatic rings. The van der Waals surface area contributed by atoms with Crippen LogP contribution in [0.2, 0.25) is 0 Å². The Hall–Kier alpha value is -5.70. The van der Waals surface area contributed by atoms with Gasteiger partial charge in [-0.2, -0.15) is 42.1 Å². The van der Waals surface area contributed by atoms with Crippen LogP contribution in [0.5, 0.6) is 0 Å². The molecule has 0 bridgehead atoms. The lowest BCUT2D eigenvalue weighted by atomic mass is 10.3. The molecule has 0 aromatic carbocycles. The molecule has 2 aliphatic heterocycles. The van der Waals surface area contributed by atoms with Crippen molar-refractivity contribution in [1.29, 1.82) is 42.1 Å². The number of nitrogens with zero attached hydrogens (tertiary/aromatic N) is 16. The average Bonchev–Trinajstić information content (AvgIpc) is 3.53. The maximum atomic E-state index is 14.5. The molecule has 2 rings (SSSR count). The Morgan fingerprint density at radius 3 is 0.660 bits per heavy atom. The summed E-state index contributed by atoms with van der Waals surface area (Å²) < 4.78 is 0. The maximum Gasteiger partial charge on any atom is 0.325 e. The molecule has 18 nitrogen and oxygen atoms in total. The van der Waals surface area contributed by atoms with E-state index in [2.05, 4.69) is 48.6 Å². The Balaban J connectivity index is 2.71. The Kier molecular flexibility index (Phi) is 18.5. The summed E-state index contributed by atoms with van der Waals surface area (Å²) in [5, 5.41) is 74.5. The monoisotopic (exact) mass is 682 g/mol. The van der Waals surface area contributed by atoms with Crippen LogP contribution in [-0.4, -0.2) is 143 Å². The van der Waals surface area contributed by atoms with E-state index < -0.39 is 24.4 Å². The van der Waals surface area contributed by atoms with E-state index >= 15 is 0 Å². The van der Waals surface area contributed by atoms with Crippen LogP contribution < -0.4 is 0 Å². The van der Waals surface area contributed by atoms with Crippen molar-refractivity contribution in [3.05, 3.63) is 0 Å². The second kappa shape index (κ2) is 22.8. The molecule has 4 amide bonds. The molecule has 0 unspecified atom stereocenters. The number of urea groups is 2. The lowest BCUT2D eigenvalue weighted by molar-refractivity contribution is 0.0405. The SMILES string of the molecule is N#CCCN(CCC#N)CN1C(=O)N(CN(CCC#N)CCC#N)C2C1N(CN(CCC#N)CCC#N)C(=O)N2CN(CCC#N)CCC#N. The summed E-state index contributed by atoms with van der Waals surface area (Å²) in [4.78, 5) is 42.3. The third-order valence-corrected chi connectivity index (χ3v) is 8.25. The summed E-state index contributed by atoms with van der Waals surface area (Å²) in [7, 11) is 0. The van der Waals surface area contributed by atoms with Crippen LogP contribution in [-0.2, 0) is 0 Å².